The Kier molecular flexibility index (Phi) is 5.86. The third-order valence-corrected chi connectivity index (χ3v) is 5.78. The van der Waals surface area contributed by atoms with Crippen LogP contribution in [0, 0.1) is 11.8 Å². The van der Waals surface area contributed by atoms with Gasteiger partial charge in [0.05, 0.1) is 5.75 Å². The zero-order chi connectivity index (χ0) is 13.8. The molecule has 0 fully saturated rings. The lowest BCUT2D eigenvalue weighted by Crippen LogP contribution is -2.34. The van der Waals surface area contributed by atoms with Crippen LogP contribution in [0.2, 0.25) is 0 Å². The predicted molar refractivity (Wildman–Crippen MR) is 77.5 cm³/mol. The van der Waals surface area contributed by atoms with Gasteiger partial charge in [0.1, 0.15) is 0 Å². The van der Waals surface area contributed by atoms with E-state index < -0.39 is 9.84 Å². The van der Waals surface area contributed by atoms with E-state index in [0.29, 0.717) is 18.4 Å². The number of sulfone groups is 1. The van der Waals surface area contributed by atoms with Crippen LogP contribution in [-0.2, 0) is 9.84 Å². The van der Waals surface area contributed by atoms with E-state index in [2.05, 4.69) is 24.8 Å². The maximum atomic E-state index is 11.5. The normalized spacial score (nSPS) is 25.3. The number of nitrogens with zero attached hydrogens (tertiary/aromatic N) is 1. The first kappa shape index (κ1) is 15.7. The Morgan fingerprint density at radius 1 is 1.44 bits per heavy atom. The van der Waals surface area contributed by atoms with Crippen LogP contribution < -0.4 is 0 Å². The van der Waals surface area contributed by atoms with Gasteiger partial charge in [-0.25, -0.2) is 8.42 Å². The lowest BCUT2D eigenvalue weighted by atomic mass is 9.80. The Morgan fingerprint density at radius 2 is 2.11 bits per heavy atom. The molecular formula is C14H27NO2S. The zero-order valence-electron chi connectivity index (χ0n) is 12.1. The molecule has 1 rings (SSSR count). The molecule has 0 amide bonds. The zero-order valence-corrected chi connectivity index (χ0v) is 13.0. The van der Waals surface area contributed by atoms with Crippen LogP contribution in [0.3, 0.4) is 0 Å². The molecule has 0 aliphatic heterocycles. The summed E-state index contributed by atoms with van der Waals surface area (Å²) in [4.78, 5) is 2.16. The van der Waals surface area contributed by atoms with Crippen LogP contribution >= 0.6 is 0 Å². The first-order chi connectivity index (χ1) is 8.35. The third kappa shape index (κ3) is 4.73. The van der Waals surface area contributed by atoms with Gasteiger partial charge >= 0.3 is 0 Å². The summed E-state index contributed by atoms with van der Waals surface area (Å²) < 4.78 is 23.0. The first-order valence-electron chi connectivity index (χ1n) is 6.91. The van der Waals surface area contributed by atoms with Crippen molar-refractivity contribution in [1.82, 2.24) is 4.90 Å². The Bertz CT molecular complexity index is 387. The van der Waals surface area contributed by atoms with E-state index in [4.69, 9.17) is 0 Å². The summed E-state index contributed by atoms with van der Waals surface area (Å²) in [5, 5.41) is 0. The van der Waals surface area contributed by atoms with Crippen molar-refractivity contribution in [3.05, 3.63) is 11.6 Å². The lowest BCUT2D eigenvalue weighted by Gasteiger charge is -2.32. The SMILES string of the molecule is CCS(=O)(=O)CCN(C)C[C@H]1C(C)=CCC[C@H]1C. The molecule has 1 aliphatic rings. The van der Waals surface area contributed by atoms with E-state index >= 15 is 0 Å². The standard InChI is InChI=1S/C14H27NO2S/c1-5-18(16,17)10-9-15(4)11-14-12(2)7-6-8-13(14)3/h7,13-14H,5-6,8-11H2,1-4H3/t13-,14+/m1/s1. The van der Waals surface area contributed by atoms with Gasteiger partial charge in [-0.05, 0) is 38.6 Å². The Morgan fingerprint density at radius 3 is 2.67 bits per heavy atom. The number of hydrogen-bond donors (Lipinski definition) is 0. The summed E-state index contributed by atoms with van der Waals surface area (Å²) in [5.41, 5.74) is 1.47. The van der Waals surface area contributed by atoms with Gasteiger partial charge in [-0.2, -0.15) is 0 Å². The predicted octanol–water partition coefficient (Wildman–Crippen LogP) is 2.35. The number of allylic oxidation sites excluding steroid dienone is 1. The van der Waals surface area contributed by atoms with E-state index in [1.165, 1.54) is 18.4 Å². The highest BCUT2D eigenvalue weighted by Crippen LogP contribution is 2.30. The van der Waals surface area contributed by atoms with Crippen LogP contribution in [-0.4, -0.2) is 45.0 Å². The minimum atomic E-state index is -2.84. The van der Waals surface area contributed by atoms with E-state index in [0.717, 1.165) is 6.54 Å². The van der Waals surface area contributed by atoms with Crippen LogP contribution in [0.25, 0.3) is 0 Å². The Hall–Kier alpha value is -0.350. The maximum Gasteiger partial charge on any atom is 0.151 e. The van der Waals surface area contributed by atoms with Gasteiger partial charge in [-0.1, -0.05) is 25.5 Å². The summed E-state index contributed by atoms with van der Waals surface area (Å²) in [6.07, 6.45) is 4.78. The molecule has 4 heteroatoms. The maximum absolute atomic E-state index is 11.5. The van der Waals surface area contributed by atoms with Crippen LogP contribution in [0.15, 0.2) is 11.6 Å². The molecule has 106 valence electrons. The molecular weight excluding hydrogens is 246 g/mol. The number of rotatable bonds is 6. The van der Waals surface area contributed by atoms with Crippen LogP contribution in [0.1, 0.15) is 33.6 Å². The molecule has 0 saturated heterocycles. The lowest BCUT2D eigenvalue weighted by molar-refractivity contribution is 0.248. The summed E-state index contributed by atoms with van der Waals surface area (Å²) in [5.74, 6) is 1.83. The Balaban J connectivity index is 2.47. The van der Waals surface area contributed by atoms with Gasteiger partial charge in [0.15, 0.2) is 9.84 Å². The molecule has 0 bridgehead atoms. The fourth-order valence-corrected chi connectivity index (χ4v) is 3.44. The van der Waals surface area contributed by atoms with Crippen LogP contribution in [0.4, 0.5) is 0 Å². The minimum Gasteiger partial charge on any atom is -0.305 e. The summed E-state index contributed by atoms with van der Waals surface area (Å²) >= 11 is 0. The molecule has 18 heavy (non-hydrogen) atoms. The second-order valence-electron chi connectivity index (χ2n) is 5.61. The summed E-state index contributed by atoms with van der Waals surface area (Å²) in [6.45, 7) is 7.84. The molecule has 0 spiro atoms. The van der Waals surface area contributed by atoms with Crippen molar-refractivity contribution in [2.45, 2.75) is 33.6 Å². The molecule has 3 nitrogen and oxygen atoms in total. The highest BCUT2D eigenvalue weighted by molar-refractivity contribution is 7.91. The molecule has 0 unspecified atom stereocenters. The molecule has 0 radical (unpaired) electrons. The summed E-state index contributed by atoms with van der Waals surface area (Å²) in [7, 11) is -0.811. The molecule has 0 saturated carbocycles. The molecule has 0 N–H and O–H groups in total. The highest BCUT2D eigenvalue weighted by Gasteiger charge is 2.23. The van der Waals surface area contributed by atoms with Crippen molar-refractivity contribution in [2.24, 2.45) is 11.8 Å². The molecule has 0 heterocycles. The minimum absolute atomic E-state index is 0.250. The average molecular weight is 273 g/mol. The monoisotopic (exact) mass is 273 g/mol. The molecule has 1 aliphatic carbocycles. The van der Waals surface area contributed by atoms with Crippen molar-refractivity contribution in [2.75, 3.05) is 31.6 Å². The van der Waals surface area contributed by atoms with E-state index in [1.54, 1.807) is 6.92 Å². The van der Waals surface area contributed by atoms with Gasteiger partial charge in [0, 0.05) is 18.8 Å². The molecule has 0 aromatic heterocycles. The fourth-order valence-electron chi connectivity index (χ4n) is 2.57. The van der Waals surface area contributed by atoms with E-state index in [9.17, 15) is 8.42 Å². The molecule has 0 aromatic carbocycles. The van der Waals surface area contributed by atoms with E-state index in [-0.39, 0.29) is 11.5 Å². The molecule has 2 atom stereocenters. The van der Waals surface area contributed by atoms with Crippen molar-refractivity contribution in [3.63, 3.8) is 0 Å². The smallest absolute Gasteiger partial charge is 0.151 e. The van der Waals surface area contributed by atoms with Gasteiger partial charge in [0.25, 0.3) is 0 Å². The highest BCUT2D eigenvalue weighted by atomic mass is 32.2. The van der Waals surface area contributed by atoms with Gasteiger partial charge in [0.2, 0.25) is 0 Å². The van der Waals surface area contributed by atoms with Crippen molar-refractivity contribution < 1.29 is 8.42 Å². The first-order valence-corrected chi connectivity index (χ1v) is 8.73. The average Bonchev–Trinajstić information content (AvgIpc) is 2.32. The Labute approximate surface area is 112 Å². The fraction of sp³-hybridized carbons (Fsp3) is 0.857. The van der Waals surface area contributed by atoms with Crippen molar-refractivity contribution in [3.8, 4) is 0 Å². The van der Waals surface area contributed by atoms with Crippen molar-refractivity contribution in [1.29, 1.82) is 0 Å². The number of hydrogen-bond acceptors (Lipinski definition) is 3. The van der Waals surface area contributed by atoms with Gasteiger partial charge < -0.3 is 4.90 Å². The second-order valence-corrected chi connectivity index (χ2v) is 8.08. The topological polar surface area (TPSA) is 37.4 Å². The quantitative estimate of drug-likeness (QED) is 0.697. The van der Waals surface area contributed by atoms with Gasteiger partial charge in [-0.15, -0.1) is 0 Å². The largest absolute Gasteiger partial charge is 0.305 e. The second kappa shape index (κ2) is 6.71. The molecule has 0 aromatic rings. The van der Waals surface area contributed by atoms with Crippen molar-refractivity contribution >= 4 is 9.84 Å². The van der Waals surface area contributed by atoms with Gasteiger partial charge in [-0.3, -0.25) is 0 Å². The third-order valence-electron chi connectivity index (χ3n) is 4.09. The van der Waals surface area contributed by atoms with E-state index in [1.807, 2.05) is 7.05 Å². The summed E-state index contributed by atoms with van der Waals surface area (Å²) in [6, 6.07) is 0. The van der Waals surface area contributed by atoms with Crippen LogP contribution in [0.5, 0.6) is 0 Å².